The lowest BCUT2D eigenvalue weighted by Gasteiger charge is -2.22. The van der Waals surface area contributed by atoms with E-state index in [2.05, 4.69) is 5.32 Å². The van der Waals surface area contributed by atoms with E-state index >= 15 is 0 Å². The molecule has 0 heterocycles. The second-order valence-corrected chi connectivity index (χ2v) is 5.59. The van der Waals surface area contributed by atoms with E-state index in [1.165, 1.54) is 32.1 Å². The van der Waals surface area contributed by atoms with Gasteiger partial charge in [0.05, 0.1) is 10.6 Å². The SMILES string of the molecule is O=C(O)c1cc(NC2CCCCCCC2)ccc1Cl. The van der Waals surface area contributed by atoms with Crippen LogP contribution in [0.5, 0.6) is 0 Å². The molecule has 1 aliphatic rings. The first-order valence-corrected chi connectivity index (χ1v) is 7.34. The number of halogens is 1. The minimum atomic E-state index is -0.980. The summed E-state index contributed by atoms with van der Waals surface area (Å²) in [5, 5.41) is 12.8. The fourth-order valence-electron chi connectivity index (χ4n) is 2.62. The summed E-state index contributed by atoms with van der Waals surface area (Å²) in [6, 6.07) is 5.58. The maximum Gasteiger partial charge on any atom is 0.337 e. The molecule has 0 unspecified atom stereocenters. The molecule has 0 saturated heterocycles. The van der Waals surface area contributed by atoms with Crippen LogP contribution in [-0.2, 0) is 0 Å². The molecule has 0 spiro atoms. The van der Waals surface area contributed by atoms with Crippen LogP contribution in [0.2, 0.25) is 5.02 Å². The van der Waals surface area contributed by atoms with E-state index < -0.39 is 5.97 Å². The van der Waals surface area contributed by atoms with Crippen molar-refractivity contribution in [3.8, 4) is 0 Å². The van der Waals surface area contributed by atoms with Gasteiger partial charge in [0.15, 0.2) is 0 Å². The third kappa shape index (κ3) is 4.13. The summed E-state index contributed by atoms with van der Waals surface area (Å²) >= 11 is 5.87. The van der Waals surface area contributed by atoms with E-state index in [1.54, 1.807) is 12.1 Å². The Morgan fingerprint density at radius 2 is 1.79 bits per heavy atom. The molecular formula is C15H20ClNO2. The highest BCUT2D eigenvalue weighted by molar-refractivity contribution is 6.33. The first kappa shape index (κ1) is 14.2. The molecule has 0 amide bonds. The molecule has 1 aromatic carbocycles. The van der Waals surface area contributed by atoms with Crippen LogP contribution in [0.25, 0.3) is 0 Å². The van der Waals surface area contributed by atoms with Gasteiger partial charge in [-0.25, -0.2) is 4.79 Å². The topological polar surface area (TPSA) is 49.3 Å². The van der Waals surface area contributed by atoms with Crippen molar-refractivity contribution in [2.75, 3.05) is 5.32 Å². The van der Waals surface area contributed by atoms with Crippen LogP contribution in [0.4, 0.5) is 5.69 Å². The second-order valence-electron chi connectivity index (χ2n) is 5.19. The Labute approximate surface area is 119 Å². The largest absolute Gasteiger partial charge is 0.478 e. The van der Waals surface area contributed by atoms with Gasteiger partial charge < -0.3 is 10.4 Å². The quantitative estimate of drug-likeness (QED) is 0.854. The van der Waals surface area contributed by atoms with E-state index in [4.69, 9.17) is 16.7 Å². The van der Waals surface area contributed by atoms with Crippen LogP contribution in [0.1, 0.15) is 55.3 Å². The van der Waals surface area contributed by atoms with Crippen LogP contribution in [0, 0.1) is 0 Å². The number of anilines is 1. The summed E-state index contributed by atoms with van der Waals surface area (Å²) in [5.41, 5.74) is 1.02. The molecule has 2 rings (SSSR count). The van der Waals surface area contributed by atoms with Gasteiger partial charge >= 0.3 is 5.97 Å². The molecule has 0 aliphatic heterocycles. The molecular weight excluding hydrogens is 262 g/mol. The van der Waals surface area contributed by atoms with Gasteiger partial charge in [-0.15, -0.1) is 0 Å². The summed E-state index contributed by atoms with van der Waals surface area (Å²) in [4.78, 5) is 11.1. The summed E-state index contributed by atoms with van der Waals surface area (Å²) in [6.07, 6.45) is 8.76. The zero-order chi connectivity index (χ0) is 13.7. The fraction of sp³-hybridized carbons (Fsp3) is 0.533. The molecule has 0 aromatic heterocycles. The molecule has 104 valence electrons. The Hall–Kier alpha value is -1.22. The van der Waals surface area contributed by atoms with E-state index in [-0.39, 0.29) is 10.6 Å². The molecule has 1 fully saturated rings. The van der Waals surface area contributed by atoms with E-state index in [9.17, 15) is 4.79 Å². The van der Waals surface area contributed by atoms with Crippen molar-refractivity contribution in [2.45, 2.75) is 51.0 Å². The van der Waals surface area contributed by atoms with Crippen molar-refractivity contribution in [3.05, 3.63) is 28.8 Å². The van der Waals surface area contributed by atoms with Crippen LogP contribution in [0.15, 0.2) is 18.2 Å². The van der Waals surface area contributed by atoms with Crippen molar-refractivity contribution >= 4 is 23.3 Å². The minimum Gasteiger partial charge on any atom is -0.478 e. The van der Waals surface area contributed by atoms with E-state index in [1.807, 2.05) is 6.07 Å². The number of carboxylic acids is 1. The van der Waals surface area contributed by atoms with Crippen molar-refractivity contribution in [2.24, 2.45) is 0 Å². The summed E-state index contributed by atoms with van der Waals surface area (Å²) in [7, 11) is 0. The molecule has 19 heavy (non-hydrogen) atoms. The average molecular weight is 282 g/mol. The number of benzene rings is 1. The van der Waals surface area contributed by atoms with Gasteiger partial charge in [0.1, 0.15) is 0 Å². The smallest absolute Gasteiger partial charge is 0.337 e. The van der Waals surface area contributed by atoms with Crippen molar-refractivity contribution in [3.63, 3.8) is 0 Å². The monoisotopic (exact) mass is 281 g/mol. The average Bonchev–Trinajstić information content (AvgIpc) is 2.34. The highest BCUT2D eigenvalue weighted by Gasteiger charge is 2.13. The molecule has 1 saturated carbocycles. The Bertz CT molecular complexity index is 440. The second kappa shape index (κ2) is 6.80. The zero-order valence-corrected chi connectivity index (χ0v) is 11.7. The minimum absolute atomic E-state index is 0.164. The Morgan fingerprint density at radius 3 is 2.42 bits per heavy atom. The predicted molar refractivity (Wildman–Crippen MR) is 78.1 cm³/mol. The number of rotatable bonds is 3. The van der Waals surface area contributed by atoms with E-state index in [0.717, 1.165) is 18.5 Å². The van der Waals surface area contributed by atoms with Crippen molar-refractivity contribution in [1.29, 1.82) is 0 Å². The van der Waals surface area contributed by atoms with E-state index in [0.29, 0.717) is 6.04 Å². The van der Waals surface area contributed by atoms with Gasteiger partial charge in [-0.1, -0.05) is 43.7 Å². The molecule has 2 N–H and O–H groups in total. The number of carboxylic acid groups (broad SMARTS) is 1. The first-order valence-electron chi connectivity index (χ1n) is 6.96. The normalized spacial score (nSPS) is 17.5. The predicted octanol–water partition coefficient (Wildman–Crippen LogP) is 4.56. The Balaban J connectivity index is 2.05. The lowest BCUT2D eigenvalue weighted by Crippen LogP contribution is -2.20. The first-order chi connectivity index (χ1) is 9.16. The van der Waals surface area contributed by atoms with Gasteiger partial charge in [0.25, 0.3) is 0 Å². The third-order valence-corrected chi connectivity index (χ3v) is 4.00. The highest BCUT2D eigenvalue weighted by Crippen LogP contribution is 2.24. The van der Waals surface area contributed by atoms with Crippen LogP contribution in [0.3, 0.4) is 0 Å². The number of hydrogen-bond acceptors (Lipinski definition) is 2. The lowest BCUT2D eigenvalue weighted by molar-refractivity contribution is 0.0697. The van der Waals surface area contributed by atoms with Crippen LogP contribution in [-0.4, -0.2) is 17.1 Å². The van der Waals surface area contributed by atoms with Gasteiger partial charge in [-0.3, -0.25) is 0 Å². The number of hydrogen-bond donors (Lipinski definition) is 2. The molecule has 0 bridgehead atoms. The molecule has 0 atom stereocenters. The number of aromatic carboxylic acids is 1. The van der Waals surface area contributed by atoms with Gasteiger partial charge in [-0.05, 0) is 31.0 Å². The van der Waals surface area contributed by atoms with Crippen LogP contribution >= 0.6 is 11.6 Å². The Morgan fingerprint density at radius 1 is 1.16 bits per heavy atom. The van der Waals surface area contributed by atoms with Gasteiger partial charge in [0.2, 0.25) is 0 Å². The number of carbonyl (C=O) groups is 1. The summed E-state index contributed by atoms with van der Waals surface area (Å²) < 4.78 is 0. The summed E-state index contributed by atoms with van der Waals surface area (Å²) in [5.74, 6) is -0.980. The standard InChI is InChI=1S/C15H20ClNO2/c16-14-9-8-12(10-13(14)15(18)19)17-11-6-4-2-1-3-5-7-11/h8-11,17H,1-7H2,(H,18,19). The maximum absolute atomic E-state index is 11.1. The Kier molecular flexibility index (Phi) is 5.08. The maximum atomic E-state index is 11.1. The fourth-order valence-corrected chi connectivity index (χ4v) is 2.81. The lowest BCUT2D eigenvalue weighted by atomic mass is 9.96. The van der Waals surface area contributed by atoms with Gasteiger partial charge in [0, 0.05) is 11.7 Å². The van der Waals surface area contributed by atoms with Crippen molar-refractivity contribution in [1.82, 2.24) is 0 Å². The van der Waals surface area contributed by atoms with Crippen LogP contribution < -0.4 is 5.32 Å². The molecule has 0 radical (unpaired) electrons. The molecule has 4 heteroatoms. The molecule has 3 nitrogen and oxygen atoms in total. The third-order valence-electron chi connectivity index (χ3n) is 3.67. The highest BCUT2D eigenvalue weighted by atomic mass is 35.5. The van der Waals surface area contributed by atoms with Gasteiger partial charge in [-0.2, -0.15) is 0 Å². The van der Waals surface area contributed by atoms with Crippen molar-refractivity contribution < 1.29 is 9.90 Å². The summed E-state index contributed by atoms with van der Waals surface area (Å²) in [6.45, 7) is 0. The number of nitrogens with one attached hydrogen (secondary N) is 1. The molecule has 1 aliphatic carbocycles. The molecule has 1 aromatic rings. The zero-order valence-electron chi connectivity index (χ0n) is 11.0.